The first-order chi connectivity index (χ1) is 16.0. The molecule has 4 rings (SSSR count). The Labute approximate surface area is 198 Å². The highest BCUT2D eigenvalue weighted by Gasteiger charge is 2.27. The Morgan fingerprint density at radius 1 is 1.06 bits per heavy atom. The van der Waals surface area contributed by atoms with Crippen LogP contribution in [0.2, 0.25) is 0 Å². The highest BCUT2D eigenvalue weighted by atomic mass is 79.9. The summed E-state index contributed by atoms with van der Waals surface area (Å²) in [4.78, 5) is 24.7. The van der Waals surface area contributed by atoms with Gasteiger partial charge in [-0.25, -0.2) is 10.2 Å². The SMILES string of the molecule is COc1cc(/C=N/NC(=O)C2COc3ccccc3O2)ccc1OC(=O)c1ccc(Br)cc1. The summed E-state index contributed by atoms with van der Waals surface area (Å²) in [6.45, 7) is 0.0879. The van der Waals surface area contributed by atoms with Gasteiger partial charge in [0.1, 0.15) is 6.61 Å². The number of rotatable bonds is 6. The second-order valence-corrected chi connectivity index (χ2v) is 7.82. The number of hydrogen-bond donors (Lipinski definition) is 1. The Balaban J connectivity index is 1.37. The third kappa shape index (κ3) is 5.50. The van der Waals surface area contributed by atoms with Crippen LogP contribution in [0.3, 0.4) is 0 Å². The summed E-state index contributed by atoms with van der Waals surface area (Å²) in [5.74, 6) is 0.761. The fourth-order valence-electron chi connectivity index (χ4n) is 2.98. The van der Waals surface area contributed by atoms with Crippen LogP contribution in [0.4, 0.5) is 0 Å². The molecule has 1 N–H and O–H groups in total. The van der Waals surface area contributed by atoms with Crippen molar-refractivity contribution in [2.24, 2.45) is 5.10 Å². The summed E-state index contributed by atoms with van der Waals surface area (Å²) in [7, 11) is 1.47. The van der Waals surface area contributed by atoms with Crippen molar-refractivity contribution in [3.05, 3.63) is 82.3 Å². The van der Waals surface area contributed by atoms with Crippen LogP contribution >= 0.6 is 15.9 Å². The molecule has 0 radical (unpaired) electrons. The number of benzene rings is 3. The van der Waals surface area contributed by atoms with Gasteiger partial charge in [0.2, 0.25) is 6.10 Å². The third-order valence-electron chi connectivity index (χ3n) is 4.66. The van der Waals surface area contributed by atoms with Gasteiger partial charge in [-0.15, -0.1) is 0 Å². The lowest BCUT2D eigenvalue weighted by atomic mass is 10.2. The predicted octanol–water partition coefficient (Wildman–Crippen LogP) is 3.97. The van der Waals surface area contributed by atoms with E-state index in [2.05, 4.69) is 26.5 Å². The summed E-state index contributed by atoms with van der Waals surface area (Å²) in [5.41, 5.74) is 3.47. The molecular formula is C24H19BrN2O6. The molecule has 3 aromatic carbocycles. The number of nitrogens with one attached hydrogen (secondary N) is 1. The van der Waals surface area contributed by atoms with E-state index in [1.165, 1.54) is 13.3 Å². The summed E-state index contributed by atoms with van der Waals surface area (Å²) in [6, 6.07) is 18.9. The van der Waals surface area contributed by atoms with E-state index < -0.39 is 18.0 Å². The quantitative estimate of drug-likeness (QED) is 0.233. The molecule has 1 amide bonds. The van der Waals surface area contributed by atoms with E-state index in [-0.39, 0.29) is 12.4 Å². The Hall–Kier alpha value is -3.85. The Morgan fingerprint density at radius 3 is 2.58 bits per heavy atom. The molecule has 0 saturated carbocycles. The minimum atomic E-state index is -0.813. The van der Waals surface area contributed by atoms with Crippen LogP contribution in [-0.2, 0) is 4.79 Å². The van der Waals surface area contributed by atoms with Crippen LogP contribution in [0, 0.1) is 0 Å². The van der Waals surface area contributed by atoms with Crippen LogP contribution in [0.25, 0.3) is 0 Å². The number of halogens is 1. The van der Waals surface area contributed by atoms with E-state index in [0.717, 1.165) is 4.47 Å². The van der Waals surface area contributed by atoms with E-state index in [9.17, 15) is 9.59 Å². The number of nitrogens with zero attached hydrogens (tertiary/aromatic N) is 1. The van der Waals surface area contributed by atoms with Crippen molar-refractivity contribution >= 4 is 34.0 Å². The van der Waals surface area contributed by atoms with E-state index in [0.29, 0.717) is 28.4 Å². The number of amides is 1. The molecule has 1 heterocycles. The zero-order chi connectivity index (χ0) is 23.2. The number of hydrogen-bond acceptors (Lipinski definition) is 7. The van der Waals surface area contributed by atoms with Gasteiger partial charge in [-0.1, -0.05) is 28.1 Å². The van der Waals surface area contributed by atoms with Crippen LogP contribution in [-0.4, -0.2) is 37.9 Å². The maximum Gasteiger partial charge on any atom is 0.343 e. The molecular weight excluding hydrogens is 492 g/mol. The number of carbonyl (C=O) groups is 2. The zero-order valence-corrected chi connectivity index (χ0v) is 19.1. The second-order valence-electron chi connectivity index (χ2n) is 6.91. The molecule has 0 fully saturated rings. The largest absolute Gasteiger partial charge is 0.493 e. The molecule has 0 saturated heterocycles. The van der Waals surface area contributed by atoms with Crippen molar-refractivity contribution in [2.75, 3.05) is 13.7 Å². The van der Waals surface area contributed by atoms with Crippen molar-refractivity contribution < 1.29 is 28.5 Å². The first-order valence-corrected chi connectivity index (χ1v) is 10.7. The molecule has 1 aliphatic rings. The van der Waals surface area contributed by atoms with Gasteiger partial charge in [0, 0.05) is 4.47 Å². The molecule has 33 heavy (non-hydrogen) atoms. The van der Waals surface area contributed by atoms with Crippen molar-refractivity contribution in [1.82, 2.24) is 5.43 Å². The number of para-hydroxylation sites is 2. The Bertz CT molecular complexity index is 1200. The fraction of sp³-hybridized carbons (Fsp3) is 0.125. The molecule has 1 atom stereocenters. The maximum absolute atomic E-state index is 12.4. The van der Waals surface area contributed by atoms with Gasteiger partial charge >= 0.3 is 5.97 Å². The Morgan fingerprint density at radius 2 is 1.82 bits per heavy atom. The van der Waals surface area contributed by atoms with E-state index in [1.807, 2.05) is 6.07 Å². The predicted molar refractivity (Wildman–Crippen MR) is 124 cm³/mol. The molecule has 1 unspecified atom stereocenters. The molecule has 1 aliphatic heterocycles. The number of fused-ring (bicyclic) bond motifs is 1. The fourth-order valence-corrected chi connectivity index (χ4v) is 3.25. The first-order valence-electron chi connectivity index (χ1n) is 9.90. The number of ether oxygens (including phenoxy) is 4. The average Bonchev–Trinajstić information content (AvgIpc) is 2.84. The molecule has 0 aliphatic carbocycles. The van der Waals surface area contributed by atoms with Crippen LogP contribution in [0.5, 0.6) is 23.0 Å². The van der Waals surface area contributed by atoms with Gasteiger partial charge in [-0.3, -0.25) is 4.79 Å². The van der Waals surface area contributed by atoms with Crippen molar-refractivity contribution in [1.29, 1.82) is 0 Å². The van der Waals surface area contributed by atoms with E-state index in [4.69, 9.17) is 18.9 Å². The van der Waals surface area contributed by atoms with Crippen molar-refractivity contribution in [3.63, 3.8) is 0 Å². The lowest BCUT2D eigenvalue weighted by Gasteiger charge is -2.24. The lowest BCUT2D eigenvalue weighted by molar-refractivity contribution is -0.130. The molecule has 168 valence electrons. The normalized spacial score (nSPS) is 14.5. The van der Waals surface area contributed by atoms with E-state index >= 15 is 0 Å². The molecule has 0 bridgehead atoms. The molecule has 0 spiro atoms. The summed E-state index contributed by atoms with van der Waals surface area (Å²) in [5, 5.41) is 3.97. The minimum absolute atomic E-state index is 0.0879. The van der Waals surface area contributed by atoms with Crippen LogP contribution in [0.1, 0.15) is 15.9 Å². The van der Waals surface area contributed by atoms with Gasteiger partial charge in [0.15, 0.2) is 23.0 Å². The molecule has 3 aromatic rings. The Kier molecular flexibility index (Phi) is 6.89. The number of esters is 1. The smallest absolute Gasteiger partial charge is 0.343 e. The first kappa shape index (κ1) is 22.3. The maximum atomic E-state index is 12.4. The monoisotopic (exact) mass is 510 g/mol. The highest BCUT2D eigenvalue weighted by molar-refractivity contribution is 9.10. The van der Waals surface area contributed by atoms with Crippen LogP contribution in [0.15, 0.2) is 76.3 Å². The molecule has 9 heteroatoms. The highest BCUT2D eigenvalue weighted by Crippen LogP contribution is 2.31. The molecule has 8 nitrogen and oxygen atoms in total. The van der Waals surface area contributed by atoms with Crippen molar-refractivity contribution in [3.8, 4) is 23.0 Å². The molecule has 0 aromatic heterocycles. The van der Waals surface area contributed by atoms with Gasteiger partial charge < -0.3 is 18.9 Å². The zero-order valence-electron chi connectivity index (χ0n) is 17.5. The minimum Gasteiger partial charge on any atom is -0.493 e. The van der Waals surface area contributed by atoms with Crippen molar-refractivity contribution in [2.45, 2.75) is 6.10 Å². The number of carbonyl (C=O) groups excluding carboxylic acids is 2. The van der Waals surface area contributed by atoms with Gasteiger partial charge in [0.25, 0.3) is 5.91 Å². The van der Waals surface area contributed by atoms with Gasteiger partial charge in [0.05, 0.1) is 18.9 Å². The summed E-state index contributed by atoms with van der Waals surface area (Å²) >= 11 is 3.33. The number of methoxy groups -OCH3 is 1. The van der Waals surface area contributed by atoms with Crippen LogP contribution < -0.4 is 24.4 Å². The summed E-state index contributed by atoms with van der Waals surface area (Å²) in [6.07, 6.45) is 0.630. The third-order valence-corrected chi connectivity index (χ3v) is 5.19. The average molecular weight is 511 g/mol. The van der Waals surface area contributed by atoms with E-state index in [1.54, 1.807) is 60.7 Å². The second kappa shape index (κ2) is 10.2. The summed E-state index contributed by atoms with van der Waals surface area (Å²) < 4.78 is 22.8. The number of hydrazone groups is 1. The lowest BCUT2D eigenvalue weighted by Crippen LogP contribution is -2.42. The standard InChI is InChI=1S/C24H19BrN2O6/c1-30-21-12-15(6-11-20(21)33-24(29)16-7-9-17(25)10-8-16)13-26-27-23(28)22-14-31-18-4-2-3-5-19(18)32-22/h2-13,22H,14H2,1H3,(H,27,28)/b26-13+. The topological polar surface area (TPSA) is 95.5 Å². The van der Waals surface area contributed by atoms with Gasteiger partial charge in [-0.05, 0) is 60.2 Å². The van der Waals surface area contributed by atoms with Gasteiger partial charge in [-0.2, -0.15) is 5.10 Å².